The maximum absolute atomic E-state index is 10.3. The van der Waals surface area contributed by atoms with Crippen LogP contribution in [0.3, 0.4) is 0 Å². The fraction of sp³-hybridized carbons (Fsp3) is 0.889. The van der Waals surface area contributed by atoms with E-state index in [-0.39, 0.29) is 52.8 Å². The molecule has 0 bridgehead atoms. The number of hydrogen-bond donors (Lipinski definition) is 2. The van der Waals surface area contributed by atoms with Crippen molar-refractivity contribution in [2.24, 2.45) is 0 Å². The van der Waals surface area contributed by atoms with Crippen LogP contribution >= 0.6 is 0 Å². The predicted octanol–water partition coefficient (Wildman–Crippen LogP) is 9.56. The van der Waals surface area contributed by atoms with Gasteiger partial charge in [0.25, 0.3) is 0 Å². The third-order valence-electron chi connectivity index (χ3n) is 7.65. The van der Waals surface area contributed by atoms with E-state index in [1.54, 1.807) is 0 Å². The van der Waals surface area contributed by atoms with E-state index in [1.807, 2.05) is 0 Å². The van der Waals surface area contributed by atoms with Crippen LogP contribution in [0.2, 0.25) is 0 Å². The molecule has 240 valence electrons. The number of carboxylic acid groups (broad SMARTS) is 2. The molecule has 4 nitrogen and oxygen atoms in total. The summed E-state index contributed by atoms with van der Waals surface area (Å²) in [6.07, 6.45) is 41.4. The molecule has 5 heteroatoms. The van der Waals surface area contributed by atoms with E-state index >= 15 is 0 Å². The number of carbonyl (C=O) groups is 2. The Kier molecular flexibility index (Phi) is 47.4. The fourth-order valence-electron chi connectivity index (χ4n) is 4.99. The van der Waals surface area contributed by atoms with Crippen molar-refractivity contribution >= 4 is 11.9 Å². The SMILES string of the molecule is CCCCCCCC/C=C\CCCCCCCC(=O)O.CCCCCCCCCCCCCCCCCC(=O)O.[H-].[K+]. The Balaban J connectivity index is -0.000000328. The zero-order chi connectivity index (χ0) is 29.8. The molecule has 0 saturated carbocycles. The molecule has 0 aromatic heterocycles. The van der Waals surface area contributed by atoms with Gasteiger partial charge < -0.3 is 11.6 Å². The van der Waals surface area contributed by atoms with E-state index < -0.39 is 11.9 Å². The van der Waals surface area contributed by atoms with Crippen molar-refractivity contribution in [2.45, 2.75) is 206 Å². The van der Waals surface area contributed by atoms with Crippen LogP contribution in [0.15, 0.2) is 12.2 Å². The third kappa shape index (κ3) is 50.3. The summed E-state index contributed by atoms with van der Waals surface area (Å²) in [4.78, 5) is 20.7. The van der Waals surface area contributed by atoms with Gasteiger partial charge in [0.05, 0.1) is 0 Å². The first kappa shape index (κ1) is 45.7. The van der Waals surface area contributed by atoms with Gasteiger partial charge in [-0.25, -0.2) is 0 Å². The molecule has 0 radical (unpaired) electrons. The molecule has 0 aromatic carbocycles. The van der Waals surface area contributed by atoms with Crippen LogP contribution in [-0.4, -0.2) is 22.2 Å². The Labute approximate surface area is 300 Å². The first-order valence-electron chi connectivity index (χ1n) is 17.6. The van der Waals surface area contributed by atoms with Crippen LogP contribution in [0.5, 0.6) is 0 Å². The van der Waals surface area contributed by atoms with Crippen molar-refractivity contribution in [1.82, 2.24) is 0 Å². The maximum atomic E-state index is 10.3. The van der Waals surface area contributed by atoms with E-state index in [2.05, 4.69) is 26.0 Å². The standard InChI is InChI=1S/C18H36O2.C18H34O2.K.H/c2*1-2-3-4-5-6-7-8-9-10-11-12-13-14-15-16-17-18(19)20;;/h2-17H2,1H3,(H,19,20);9-10H,2-8,11-17H2,1H3,(H,19,20);;/q;;+1;-1/b;10-9-;;. The normalized spacial score (nSPS) is 10.8. The van der Waals surface area contributed by atoms with E-state index in [4.69, 9.17) is 10.2 Å². The first-order chi connectivity index (χ1) is 19.5. The van der Waals surface area contributed by atoms with Crippen molar-refractivity contribution in [3.05, 3.63) is 12.2 Å². The Morgan fingerprint density at radius 3 is 0.878 bits per heavy atom. The number of aliphatic carboxylic acids is 2. The number of unbranched alkanes of at least 4 members (excludes halogenated alkanes) is 25. The predicted molar refractivity (Wildman–Crippen MR) is 175 cm³/mol. The summed E-state index contributed by atoms with van der Waals surface area (Å²) < 4.78 is 0. The molecule has 2 N–H and O–H groups in total. The average molecular weight is 607 g/mol. The Bertz CT molecular complexity index is 542. The van der Waals surface area contributed by atoms with Gasteiger partial charge in [-0.1, -0.05) is 167 Å². The molecule has 0 fully saturated rings. The molecule has 41 heavy (non-hydrogen) atoms. The number of hydrogen-bond acceptors (Lipinski definition) is 2. The summed E-state index contributed by atoms with van der Waals surface area (Å²) in [5, 5.41) is 17.0. The van der Waals surface area contributed by atoms with Crippen LogP contribution in [-0.2, 0) is 9.59 Å². The molecule has 0 amide bonds. The van der Waals surface area contributed by atoms with E-state index in [9.17, 15) is 9.59 Å². The maximum Gasteiger partial charge on any atom is 1.00 e. The Morgan fingerprint density at radius 2 is 0.634 bits per heavy atom. The smallest absolute Gasteiger partial charge is 1.00 e. The van der Waals surface area contributed by atoms with Crippen LogP contribution in [0.1, 0.15) is 208 Å². The van der Waals surface area contributed by atoms with Gasteiger partial charge in [-0.2, -0.15) is 0 Å². The second-order valence-corrected chi connectivity index (χ2v) is 11.8. The Hall–Kier alpha value is 0.316. The molecule has 0 heterocycles. The van der Waals surface area contributed by atoms with E-state index in [1.165, 1.54) is 154 Å². The van der Waals surface area contributed by atoms with Crippen LogP contribution in [0, 0.1) is 0 Å². The molecule has 0 atom stereocenters. The van der Waals surface area contributed by atoms with Crippen LogP contribution in [0.4, 0.5) is 0 Å². The summed E-state index contributed by atoms with van der Waals surface area (Å²) in [7, 11) is 0. The molecule has 0 saturated heterocycles. The van der Waals surface area contributed by atoms with Crippen molar-refractivity contribution in [2.75, 3.05) is 0 Å². The third-order valence-corrected chi connectivity index (χ3v) is 7.65. The molecule has 0 aromatic rings. The molecule has 0 aliphatic rings. The average Bonchev–Trinajstić information content (AvgIpc) is 2.93. The van der Waals surface area contributed by atoms with Gasteiger partial charge in [0.15, 0.2) is 0 Å². The largest absolute Gasteiger partial charge is 1.00 e. The van der Waals surface area contributed by atoms with Crippen molar-refractivity contribution < 1.29 is 72.6 Å². The van der Waals surface area contributed by atoms with Gasteiger partial charge >= 0.3 is 63.3 Å². The van der Waals surface area contributed by atoms with Gasteiger partial charge in [0.2, 0.25) is 0 Å². The number of rotatable bonds is 31. The number of carboxylic acids is 2. The summed E-state index contributed by atoms with van der Waals surface area (Å²) in [5.41, 5.74) is 0. The summed E-state index contributed by atoms with van der Waals surface area (Å²) in [6, 6.07) is 0. The van der Waals surface area contributed by atoms with Crippen molar-refractivity contribution in [1.29, 1.82) is 0 Å². The summed E-state index contributed by atoms with van der Waals surface area (Å²) in [6.45, 7) is 4.53. The van der Waals surface area contributed by atoms with Crippen molar-refractivity contribution in [3.8, 4) is 0 Å². The van der Waals surface area contributed by atoms with Gasteiger partial charge in [0, 0.05) is 12.8 Å². The van der Waals surface area contributed by atoms with Gasteiger partial charge in [0.1, 0.15) is 0 Å². The van der Waals surface area contributed by atoms with E-state index in [0.29, 0.717) is 12.8 Å². The molecule has 0 spiro atoms. The second-order valence-electron chi connectivity index (χ2n) is 11.8. The first-order valence-corrected chi connectivity index (χ1v) is 17.6. The minimum absolute atomic E-state index is 0. The van der Waals surface area contributed by atoms with Crippen LogP contribution in [0.25, 0.3) is 0 Å². The summed E-state index contributed by atoms with van der Waals surface area (Å²) in [5.74, 6) is -1.32. The quantitative estimate of drug-likeness (QED) is 0.0468. The van der Waals surface area contributed by atoms with Crippen LogP contribution < -0.4 is 51.4 Å². The zero-order valence-electron chi connectivity index (χ0n) is 29.1. The number of allylic oxidation sites excluding steroid dienone is 2. The van der Waals surface area contributed by atoms with Gasteiger partial charge in [-0.15, -0.1) is 0 Å². The minimum atomic E-state index is -0.664. The monoisotopic (exact) mass is 606 g/mol. The fourth-order valence-corrected chi connectivity index (χ4v) is 4.99. The minimum Gasteiger partial charge on any atom is -1.00 e. The Morgan fingerprint density at radius 1 is 0.415 bits per heavy atom. The topological polar surface area (TPSA) is 74.6 Å². The van der Waals surface area contributed by atoms with Gasteiger partial charge in [-0.05, 0) is 38.5 Å². The molecule has 0 unspecified atom stereocenters. The molecule has 0 aliphatic heterocycles. The molecular formula is C36H71KO4. The molecule has 0 rings (SSSR count). The summed E-state index contributed by atoms with van der Waals surface area (Å²) >= 11 is 0. The van der Waals surface area contributed by atoms with Crippen molar-refractivity contribution in [3.63, 3.8) is 0 Å². The van der Waals surface area contributed by atoms with Gasteiger partial charge in [-0.3, -0.25) is 9.59 Å². The molecular weight excluding hydrogens is 535 g/mol. The van der Waals surface area contributed by atoms with E-state index in [0.717, 1.165) is 25.7 Å². The molecule has 0 aliphatic carbocycles. The zero-order valence-corrected chi connectivity index (χ0v) is 31.2. The second kappa shape index (κ2) is 42.4.